The van der Waals surface area contributed by atoms with Crippen molar-refractivity contribution in [2.45, 2.75) is 79.3 Å². The van der Waals surface area contributed by atoms with Gasteiger partial charge in [0.05, 0.1) is 15.5 Å². The standard InChI is InChI=1S/C28H42N6O3S3/c29-23(35)10-4-5-13-28(39-15-16-40-28)22(9-6-14-32-27(30)31)33-25(36)21-18-38-24-12-11-20(26(37)34(21)24)17-19-7-2-1-3-8-19/h1-3,7-8,20-22,24H,4-6,9-18H2,(H2,29,35)(H,33,36)(H4,30,31,32)/t20-,21-,22?,24?/m0/s1. The third-order valence-electron chi connectivity index (χ3n) is 7.85. The lowest BCUT2D eigenvalue weighted by Gasteiger charge is -2.40. The quantitative estimate of drug-likeness (QED) is 0.143. The van der Waals surface area contributed by atoms with Gasteiger partial charge in [-0.15, -0.1) is 35.3 Å². The van der Waals surface area contributed by atoms with E-state index in [-0.39, 0.29) is 45.1 Å². The number of aliphatic imine (C=N–C) groups is 1. The Labute approximate surface area is 250 Å². The Morgan fingerprint density at radius 1 is 1.07 bits per heavy atom. The summed E-state index contributed by atoms with van der Waals surface area (Å²) in [6.07, 6.45) is 6.76. The topological polar surface area (TPSA) is 157 Å². The highest BCUT2D eigenvalue weighted by molar-refractivity contribution is 8.21. The molecule has 3 aliphatic rings. The maximum atomic E-state index is 13.9. The molecule has 2 unspecified atom stereocenters. The van der Waals surface area contributed by atoms with Crippen LogP contribution in [0.3, 0.4) is 0 Å². The maximum Gasteiger partial charge on any atom is 0.244 e. The molecule has 0 spiro atoms. The Hall–Kier alpha value is -2.05. The van der Waals surface area contributed by atoms with Crippen molar-refractivity contribution in [1.82, 2.24) is 10.2 Å². The van der Waals surface area contributed by atoms with Crippen molar-refractivity contribution in [3.05, 3.63) is 35.9 Å². The van der Waals surface area contributed by atoms with E-state index in [4.69, 9.17) is 17.2 Å². The van der Waals surface area contributed by atoms with Crippen LogP contribution in [-0.2, 0) is 20.8 Å². The summed E-state index contributed by atoms with van der Waals surface area (Å²) < 4.78 is -0.196. The first-order valence-electron chi connectivity index (χ1n) is 14.2. The SMILES string of the molecule is NC(=O)CCCCC1(C(CCCN=C(N)N)NC(=O)[C@@H]2CSC3CC[C@@H](Cc4ccccc4)C(=O)N32)SCCS1. The largest absolute Gasteiger partial charge is 0.370 e. The first-order chi connectivity index (χ1) is 19.3. The zero-order valence-electron chi connectivity index (χ0n) is 23.0. The third-order valence-corrected chi connectivity index (χ3v) is 12.9. The molecule has 0 radical (unpaired) electrons. The van der Waals surface area contributed by atoms with Crippen LogP contribution in [0.15, 0.2) is 35.3 Å². The predicted octanol–water partition coefficient (Wildman–Crippen LogP) is 2.67. The minimum absolute atomic E-state index is 0.0635. The molecule has 3 fully saturated rings. The van der Waals surface area contributed by atoms with Crippen LogP contribution >= 0.6 is 35.3 Å². The number of nitrogens with zero attached hydrogens (tertiary/aromatic N) is 2. The Morgan fingerprint density at radius 2 is 1.82 bits per heavy atom. The second-order valence-electron chi connectivity index (χ2n) is 10.7. The summed E-state index contributed by atoms with van der Waals surface area (Å²) in [6, 6.07) is 9.55. The smallest absolute Gasteiger partial charge is 0.244 e. The minimum atomic E-state index is -0.468. The second kappa shape index (κ2) is 14.7. The number of primary amides is 1. The van der Waals surface area contributed by atoms with Crippen molar-refractivity contribution in [2.75, 3.05) is 23.8 Å². The van der Waals surface area contributed by atoms with Crippen molar-refractivity contribution >= 4 is 59.0 Å². The molecule has 4 atom stereocenters. The van der Waals surface area contributed by atoms with Gasteiger partial charge in [-0.25, -0.2) is 0 Å². The number of carbonyl (C=O) groups excluding carboxylic acids is 3. The van der Waals surface area contributed by atoms with E-state index in [1.165, 1.54) is 0 Å². The van der Waals surface area contributed by atoms with Crippen LogP contribution in [0.1, 0.15) is 56.9 Å². The Bertz CT molecular complexity index is 1050. The molecule has 3 saturated heterocycles. The monoisotopic (exact) mass is 606 g/mol. The molecule has 1 aromatic rings. The summed E-state index contributed by atoms with van der Waals surface area (Å²) in [6.45, 7) is 0.495. The van der Waals surface area contributed by atoms with Gasteiger partial charge in [0.2, 0.25) is 17.7 Å². The van der Waals surface area contributed by atoms with Crippen LogP contribution in [0.2, 0.25) is 0 Å². The lowest BCUT2D eigenvalue weighted by atomic mass is 9.89. The van der Waals surface area contributed by atoms with Crippen LogP contribution in [0.5, 0.6) is 0 Å². The van der Waals surface area contributed by atoms with Gasteiger partial charge in [0.15, 0.2) is 5.96 Å². The van der Waals surface area contributed by atoms with Crippen LogP contribution in [0, 0.1) is 5.92 Å². The molecule has 0 aromatic heterocycles. The lowest BCUT2D eigenvalue weighted by Crippen LogP contribution is -2.57. The summed E-state index contributed by atoms with van der Waals surface area (Å²) in [5, 5.41) is 3.47. The van der Waals surface area contributed by atoms with Gasteiger partial charge in [0, 0.05) is 36.1 Å². The summed E-state index contributed by atoms with van der Waals surface area (Å²) in [5.41, 5.74) is 17.6. The molecule has 9 nitrogen and oxygen atoms in total. The number of nitrogens with one attached hydrogen (secondary N) is 1. The zero-order valence-corrected chi connectivity index (χ0v) is 25.4. The number of rotatable bonds is 14. The molecular weight excluding hydrogens is 565 g/mol. The summed E-state index contributed by atoms with van der Waals surface area (Å²) in [4.78, 5) is 44.9. The van der Waals surface area contributed by atoms with Gasteiger partial charge in [-0.1, -0.05) is 36.8 Å². The fraction of sp³-hybridized carbons (Fsp3) is 0.643. The average Bonchev–Trinajstić information content (AvgIpc) is 3.59. The van der Waals surface area contributed by atoms with Crippen LogP contribution < -0.4 is 22.5 Å². The highest BCUT2D eigenvalue weighted by atomic mass is 32.2. The Balaban J connectivity index is 1.46. The number of amides is 3. The van der Waals surface area contributed by atoms with E-state index in [9.17, 15) is 14.4 Å². The van der Waals surface area contributed by atoms with E-state index < -0.39 is 6.04 Å². The van der Waals surface area contributed by atoms with Gasteiger partial charge < -0.3 is 27.4 Å². The fourth-order valence-corrected chi connectivity index (χ4v) is 10.8. The molecule has 12 heteroatoms. The number of thioether (sulfide) groups is 3. The molecule has 7 N–H and O–H groups in total. The zero-order chi connectivity index (χ0) is 28.5. The summed E-state index contributed by atoms with van der Waals surface area (Å²) in [5.74, 6) is 2.34. The molecule has 1 aromatic carbocycles. The van der Waals surface area contributed by atoms with Crippen molar-refractivity contribution < 1.29 is 14.4 Å². The Morgan fingerprint density at radius 3 is 2.52 bits per heavy atom. The number of hydrogen-bond donors (Lipinski definition) is 4. The van der Waals surface area contributed by atoms with Gasteiger partial charge in [0.25, 0.3) is 0 Å². The lowest BCUT2D eigenvalue weighted by molar-refractivity contribution is -0.146. The molecular formula is C28H42N6O3S3. The number of benzene rings is 1. The van der Waals surface area contributed by atoms with Gasteiger partial charge in [0.1, 0.15) is 6.04 Å². The van der Waals surface area contributed by atoms with Crippen LogP contribution in [-0.4, -0.2) is 73.9 Å². The highest BCUT2D eigenvalue weighted by Crippen LogP contribution is 2.51. The number of piperidine rings is 1. The number of guanidine groups is 1. The van der Waals surface area contributed by atoms with Crippen molar-refractivity contribution in [3.63, 3.8) is 0 Å². The van der Waals surface area contributed by atoms with Gasteiger partial charge in [-0.2, -0.15) is 0 Å². The molecule has 220 valence electrons. The van der Waals surface area contributed by atoms with Gasteiger partial charge in [-0.3, -0.25) is 19.4 Å². The first-order valence-corrected chi connectivity index (χ1v) is 17.2. The fourth-order valence-electron chi connectivity index (χ4n) is 5.88. The van der Waals surface area contributed by atoms with Crippen LogP contribution in [0.25, 0.3) is 0 Å². The molecule has 3 aliphatic heterocycles. The summed E-state index contributed by atoms with van der Waals surface area (Å²) >= 11 is 5.51. The molecule has 40 heavy (non-hydrogen) atoms. The number of fused-ring (bicyclic) bond motifs is 1. The van der Waals surface area contributed by atoms with Crippen LogP contribution in [0.4, 0.5) is 0 Å². The number of carbonyl (C=O) groups is 3. The van der Waals surface area contributed by atoms with E-state index in [1.807, 2.05) is 46.6 Å². The Kier molecular flexibility index (Phi) is 11.4. The van der Waals surface area contributed by atoms with Gasteiger partial charge in [-0.05, 0) is 50.5 Å². The second-order valence-corrected chi connectivity index (χ2v) is 15.0. The predicted molar refractivity (Wildman–Crippen MR) is 167 cm³/mol. The minimum Gasteiger partial charge on any atom is -0.370 e. The molecule has 0 bridgehead atoms. The molecule has 0 aliphatic carbocycles. The van der Waals surface area contributed by atoms with Crippen molar-refractivity contribution in [1.29, 1.82) is 0 Å². The molecule has 3 amide bonds. The molecule has 4 rings (SSSR count). The first kappa shape index (κ1) is 30.9. The van der Waals surface area contributed by atoms with Gasteiger partial charge >= 0.3 is 0 Å². The van der Waals surface area contributed by atoms with Crippen molar-refractivity contribution in [3.8, 4) is 0 Å². The van der Waals surface area contributed by atoms with E-state index in [1.54, 1.807) is 11.8 Å². The number of nitrogens with two attached hydrogens (primary N) is 3. The van der Waals surface area contributed by atoms with E-state index in [2.05, 4.69) is 22.4 Å². The molecule has 3 heterocycles. The summed E-state index contributed by atoms with van der Waals surface area (Å²) in [7, 11) is 0. The normalized spacial score (nSPS) is 24.4. The van der Waals surface area contributed by atoms with E-state index >= 15 is 0 Å². The highest BCUT2D eigenvalue weighted by Gasteiger charge is 2.49. The molecule has 0 saturated carbocycles. The average molecular weight is 607 g/mol. The number of unbranched alkanes of at least 4 members (excludes halogenated alkanes) is 1. The third kappa shape index (κ3) is 8.03. The van der Waals surface area contributed by atoms with E-state index in [0.717, 1.165) is 62.0 Å². The van der Waals surface area contributed by atoms with Crippen molar-refractivity contribution in [2.24, 2.45) is 28.1 Å². The number of hydrogen-bond acceptors (Lipinski definition) is 7. The van der Waals surface area contributed by atoms with E-state index in [0.29, 0.717) is 25.1 Å². The maximum absolute atomic E-state index is 13.9.